The Kier molecular flexibility index (Phi) is 9.49. The lowest BCUT2D eigenvalue weighted by molar-refractivity contribution is 0.0788. The fraction of sp³-hybridized carbons (Fsp3) is 0.421. The molecule has 49 heavy (non-hydrogen) atoms. The van der Waals surface area contributed by atoms with Gasteiger partial charge in [-0.15, -0.1) is 0 Å². The molecular formula is C38H42FN7O3. The highest BCUT2D eigenvalue weighted by molar-refractivity contribution is 5.97. The third-order valence-electron chi connectivity index (χ3n) is 10.0. The van der Waals surface area contributed by atoms with E-state index in [1.54, 1.807) is 4.90 Å². The third-order valence-corrected chi connectivity index (χ3v) is 10.0. The number of fused-ring (bicyclic) bond motifs is 2. The average molecular weight is 664 g/mol. The molecule has 0 bridgehead atoms. The average Bonchev–Trinajstić information content (AvgIpc) is 3.45. The van der Waals surface area contributed by atoms with Gasteiger partial charge in [0.2, 0.25) is 6.54 Å². The van der Waals surface area contributed by atoms with Crippen LogP contribution in [0.5, 0.6) is 6.01 Å². The smallest absolute Gasteiger partial charge is 0.410 e. The van der Waals surface area contributed by atoms with Crippen molar-refractivity contribution in [3.63, 3.8) is 0 Å². The zero-order chi connectivity index (χ0) is 33.9. The van der Waals surface area contributed by atoms with E-state index in [0.29, 0.717) is 45.8 Å². The Balaban J connectivity index is 1.16. The number of aromatic nitrogens is 2. The summed E-state index contributed by atoms with van der Waals surface area (Å²) >= 11 is 0. The van der Waals surface area contributed by atoms with Crippen LogP contribution in [0, 0.1) is 13.5 Å². The van der Waals surface area contributed by atoms with Gasteiger partial charge in [-0.05, 0) is 49.4 Å². The summed E-state index contributed by atoms with van der Waals surface area (Å²) in [5, 5.41) is 2.44. The minimum Gasteiger partial charge on any atom is -0.462 e. The van der Waals surface area contributed by atoms with Gasteiger partial charge in [-0.1, -0.05) is 60.7 Å². The van der Waals surface area contributed by atoms with E-state index in [1.165, 1.54) is 22.0 Å². The Hall–Kier alpha value is -4.95. The number of rotatable bonds is 8. The minimum absolute atomic E-state index is 0.0540. The van der Waals surface area contributed by atoms with Crippen LogP contribution in [0.25, 0.3) is 15.6 Å². The number of anilines is 2. The van der Waals surface area contributed by atoms with Crippen LogP contribution in [0.15, 0.2) is 66.7 Å². The second kappa shape index (κ2) is 14.3. The SMILES string of the molecule is [C-]#[N+]C[C@H]1CN(c2nc(OC[C@H]3C[C@@H](F)CN3C)nc3c2CCN(c2cccc4cccc(C)c24)C3)CCN1C(=O)OCc1ccccc1. The van der Waals surface area contributed by atoms with Gasteiger partial charge < -0.3 is 24.1 Å². The van der Waals surface area contributed by atoms with Crippen molar-refractivity contribution in [2.45, 2.75) is 51.2 Å². The number of aryl methyl sites for hydroxylation is 1. The van der Waals surface area contributed by atoms with Gasteiger partial charge in [0, 0.05) is 55.4 Å². The quantitative estimate of drug-likeness (QED) is 0.224. The number of ether oxygens (including phenoxy) is 2. The molecule has 3 aliphatic rings. The molecule has 0 aliphatic carbocycles. The van der Waals surface area contributed by atoms with E-state index in [-0.39, 0.29) is 31.2 Å². The van der Waals surface area contributed by atoms with Crippen LogP contribution < -0.4 is 14.5 Å². The second-order valence-corrected chi connectivity index (χ2v) is 13.3. The van der Waals surface area contributed by atoms with Crippen LogP contribution in [0.4, 0.5) is 20.7 Å². The lowest BCUT2D eigenvalue weighted by Crippen LogP contribution is -2.57. The van der Waals surface area contributed by atoms with Gasteiger partial charge in [-0.25, -0.2) is 15.8 Å². The summed E-state index contributed by atoms with van der Waals surface area (Å²) in [6.45, 7) is 13.6. The molecule has 2 fully saturated rings. The highest BCUT2D eigenvalue weighted by Gasteiger charge is 2.37. The molecule has 2 saturated heterocycles. The number of likely N-dealkylation sites (tertiary alicyclic amines) is 1. The molecule has 7 rings (SSSR count). The molecule has 10 nitrogen and oxygen atoms in total. The number of likely N-dealkylation sites (N-methyl/N-ethyl adjacent to an activating group) is 1. The Morgan fingerprint density at radius 2 is 1.80 bits per heavy atom. The van der Waals surface area contributed by atoms with Crippen molar-refractivity contribution in [1.82, 2.24) is 19.8 Å². The number of hydrogen-bond acceptors (Lipinski definition) is 8. The van der Waals surface area contributed by atoms with Crippen molar-refractivity contribution in [3.05, 3.63) is 101 Å². The van der Waals surface area contributed by atoms with Gasteiger partial charge in [0.15, 0.2) is 0 Å². The number of amides is 1. The van der Waals surface area contributed by atoms with Gasteiger partial charge >= 0.3 is 12.1 Å². The highest BCUT2D eigenvalue weighted by Crippen LogP contribution is 2.36. The molecule has 1 amide bonds. The maximum Gasteiger partial charge on any atom is 0.410 e. The first kappa shape index (κ1) is 32.6. The number of carbonyl (C=O) groups excluding carboxylic acids is 1. The topological polar surface area (TPSA) is 78.6 Å². The number of nitrogens with zero attached hydrogens (tertiary/aromatic N) is 7. The third kappa shape index (κ3) is 6.97. The molecular weight excluding hydrogens is 621 g/mol. The van der Waals surface area contributed by atoms with Crippen LogP contribution in [0.1, 0.15) is 28.8 Å². The number of carbonyl (C=O) groups is 1. The molecule has 254 valence electrons. The van der Waals surface area contributed by atoms with Gasteiger partial charge in [0.1, 0.15) is 31.2 Å². The van der Waals surface area contributed by atoms with Crippen molar-refractivity contribution in [2.75, 3.05) is 62.7 Å². The molecule has 0 spiro atoms. The number of benzene rings is 3. The number of piperazine rings is 1. The summed E-state index contributed by atoms with van der Waals surface area (Å²) < 4.78 is 26.1. The van der Waals surface area contributed by atoms with Crippen LogP contribution in [0.3, 0.4) is 0 Å². The van der Waals surface area contributed by atoms with Crippen molar-refractivity contribution in [2.24, 2.45) is 0 Å². The second-order valence-electron chi connectivity index (χ2n) is 13.3. The van der Waals surface area contributed by atoms with E-state index < -0.39 is 12.3 Å². The van der Waals surface area contributed by atoms with Gasteiger partial charge in [-0.2, -0.15) is 9.97 Å². The minimum atomic E-state index is -0.869. The Morgan fingerprint density at radius 1 is 0.980 bits per heavy atom. The maximum absolute atomic E-state index is 14.1. The van der Waals surface area contributed by atoms with Crippen LogP contribution in [-0.4, -0.2) is 97.0 Å². The molecule has 0 N–H and O–H groups in total. The Bertz CT molecular complexity index is 1850. The fourth-order valence-electron chi connectivity index (χ4n) is 7.42. The zero-order valence-electron chi connectivity index (χ0n) is 28.1. The fourth-order valence-corrected chi connectivity index (χ4v) is 7.42. The van der Waals surface area contributed by atoms with E-state index in [1.807, 2.05) is 42.3 Å². The molecule has 4 aromatic rings. The monoisotopic (exact) mass is 663 g/mol. The summed E-state index contributed by atoms with van der Waals surface area (Å²) in [5.41, 5.74) is 5.26. The standard InChI is InChI=1S/C38H42FN7O3/c1-26-9-7-12-28-13-8-14-34(35(26)28)44-16-15-32-33(23-44)41-37(48-25-30-19-29(39)21-43(30)3)42-36(32)45-17-18-46(31(22-45)20-40-2)38(47)49-24-27-10-5-4-6-11-27/h4-14,29-31H,15-25H2,1,3H3/t29-,30-,31+/m1/s1. The predicted molar refractivity (Wildman–Crippen MR) is 188 cm³/mol. The molecule has 3 aliphatic heterocycles. The number of alkyl halides is 1. The van der Waals surface area contributed by atoms with E-state index >= 15 is 0 Å². The summed E-state index contributed by atoms with van der Waals surface area (Å²) in [6.07, 6.45) is -0.136. The number of hydrogen-bond donors (Lipinski definition) is 0. The summed E-state index contributed by atoms with van der Waals surface area (Å²) in [5.74, 6) is 0.782. The lowest BCUT2D eigenvalue weighted by atomic mass is 9.99. The predicted octanol–water partition coefficient (Wildman–Crippen LogP) is 5.67. The molecule has 3 aromatic carbocycles. The highest BCUT2D eigenvalue weighted by atomic mass is 19.1. The largest absolute Gasteiger partial charge is 0.462 e. The van der Waals surface area contributed by atoms with E-state index in [9.17, 15) is 9.18 Å². The summed E-state index contributed by atoms with van der Waals surface area (Å²) in [7, 11) is 1.92. The molecule has 1 aromatic heterocycles. The first-order valence-corrected chi connectivity index (χ1v) is 17.0. The normalized spacial score (nSPS) is 21.0. The molecule has 3 atom stereocenters. The Labute approximate surface area is 286 Å². The molecule has 0 radical (unpaired) electrons. The molecule has 0 saturated carbocycles. The van der Waals surface area contributed by atoms with Crippen molar-refractivity contribution < 1.29 is 18.7 Å². The zero-order valence-corrected chi connectivity index (χ0v) is 28.1. The summed E-state index contributed by atoms with van der Waals surface area (Å²) in [4.78, 5) is 35.0. The van der Waals surface area contributed by atoms with Crippen molar-refractivity contribution >= 4 is 28.4 Å². The molecule has 0 unspecified atom stereocenters. The summed E-state index contributed by atoms with van der Waals surface area (Å²) in [6, 6.07) is 22.3. The Morgan fingerprint density at radius 3 is 2.57 bits per heavy atom. The van der Waals surface area contributed by atoms with Crippen molar-refractivity contribution in [3.8, 4) is 6.01 Å². The van der Waals surface area contributed by atoms with Crippen molar-refractivity contribution in [1.29, 1.82) is 0 Å². The first-order chi connectivity index (χ1) is 23.9. The van der Waals surface area contributed by atoms with E-state index in [2.05, 4.69) is 58.0 Å². The van der Waals surface area contributed by atoms with E-state index in [4.69, 9.17) is 26.0 Å². The van der Waals surface area contributed by atoms with Gasteiger partial charge in [-0.3, -0.25) is 9.80 Å². The lowest BCUT2D eigenvalue weighted by Gasteiger charge is -2.40. The van der Waals surface area contributed by atoms with Gasteiger partial charge in [0.25, 0.3) is 0 Å². The number of halogens is 1. The van der Waals surface area contributed by atoms with Crippen LogP contribution in [0.2, 0.25) is 0 Å². The maximum atomic E-state index is 14.1. The first-order valence-electron chi connectivity index (χ1n) is 17.0. The molecule has 11 heteroatoms. The van der Waals surface area contributed by atoms with Crippen LogP contribution in [-0.2, 0) is 24.3 Å². The van der Waals surface area contributed by atoms with Gasteiger partial charge in [0.05, 0.1) is 12.2 Å². The van der Waals surface area contributed by atoms with E-state index in [0.717, 1.165) is 35.6 Å². The molecule has 4 heterocycles. The van der Waals surface area contributed by atoms with Crippen LogP contribution >= 0.6 is 0 Å².